The van der Waals surface area contributed by atoms with E-state index in [4.69, 9.17) is 10.8 Å². The Hall–Kier alpha value is -0.810. The number of nitrogens with two attached hydrogens (primary N) is 1. The first kappa shape index (κ1) is 11.3. The summed E-state index contributed by atoms with van der Waals surface area (Å²) in [5, 5.41) is 13.4. The van der Waals surface area contributed by atoms with Crippen LogP contribution >= 0.6 is 11.3 Å². The average molecular weight is 215 g/mol. The van der Waals surface area contributed by atoms with Crippen LogP contribution < -0.4 is 11.1 Å². The van der Waals surface area contributed by atoms with Crippen molar-refractivity contribution in [1.82, 2.24) is 4.98 Å². The van der Waals surface area contributed by atoms with Crippen molar-refractivity contribution >= 4 is 21.5 Å². The molecule has 0 radical (unpaired) electrons. The van der Waals surface area contributed by atoms with Gasteiger partial charge in [0.15, 0.2) is 5.13 Å². The maximum absolute atomic E-state index is 8.57. The molecule has 1 rings (SSSR count). The van der Waals surface area contributed by atoms with Gasteiger partial charge in [-0.3, -0.25) is 0 Å². The maximum Gasteiger partial charge on any atom is 0.184 e. The highest BCUT2D eigenvalue weighted by molar-refractivity contribution is 7.19. The van der Waals surface area contributed by atoms with Gasteiger partial charge in [-0.05, 0) is 12.8 Å². The number of hydrogen-bond acceptors (Lipinski definition) is 5. The Bertz CT molecular complexity index is 252. The highest BCUT2D eigenvalue weighted by atomic mass is 32.1. The van der Waals surface area contributed by atoms with Crippen molar-refractivity contribution in [2.24, 2.45) is 0 Å². The second-order valence-corrected chi connectivity index (χ2v) is 4.19. The minimum absolute atomic E-state index is 0.302. The van der Waals surface area contributed by atoms with Gasteiger partial charge in [0.25, 0.3) is 0 Å². The highest BCUT2D eigenvalue weighted by Crippen LogP contribution is 2.19. The number of nitrogen functional groups attached to an aromatic ring is 1. The van der Waals surface area contributed by atoms with Crippen LogP contribution in [0.3, 0.4) is 0 Å². The quantitative estimate of drug-likeness (QED) is 0.605. The first-order valence-electron chi connectivity index (χ1n) is 4.89. The Kier molecular flexibility index (Phi) is 5.32. The van der Waals surface area contributed by atoms with Crippen LogP contribution in [0.4, 0.5) is 10.1 Å². The minimum atomic E-state index is 0.302. The number of nitrogens with zero attached hydrogens (tertiary/aromatic N) is 1. The molecule has 0 amide bonds. The van der Waals surface area contributed by atoms with Gasteiger partial charge in [-0.15, -0.1) is 0 Å². The van der Waals surface area contributed by atoms with Crippen molar-refractivity contribution in [3.05, 3.63) is 6.20 Å². The standard InChI is InChI=1S/C9H17N3OS/c10-8-7-12-9(14-8)11-5-3-1-2-4-6-13/h7,13H,1-6,10H2,(H,11,12). The van der Waals surface area contributed by atoms with E-state index in [0.29, 0.717) is 6.61 Å². The number of anilines is 2. The second-order valence-electron chi connectivity index (χ2n) is 3.13. The van der Waals surface area contributed by atoms with Gasteiger partial charge in [-0.25, -0.2) is 4.98 Å². The summed E-state index contributed by atoms with van der Waals surface area (Å²) in [6.07, 6.45) is 5.93. The average Bonchev–Trinajstić information content (AvgIpc) is 2.58. The molecule has 1 heterocycles. The fourth-order valence-electron chi connectivity index (χ4n) is 1.15. The molecule has 4 N–H and O–H groups in total. The van der Waals surface area contributed by atoms with Crippen LogP contribution in [0, 0.1) is 0 Å². The summed E-state index contributed by atoms with van der Waals surface area (Å²) in [6, 6.07) is 0. The Morgan fingerprint density at radius 2 is 2.14 bits per heavy atom. The number of aliphatic hydroxyl groups is 1. The predicted octanol–water partition coefficient (Wildman–Crippen LogP) is 1.69. The lowest BCUT2D eigenvalue weighted by molar-refractivity contribution is 0.283. The summed E-state index contributed by atoms with van der Waals surface area (Å²) in [4.78, 5) is 4.09. The second kappa shape index (κ2) is 6.62. The predicted molar refractivity (Wildman–Crippen MR) is 60.6 cm³/mol. The smallest absolute Gasteiger partial charge is 0.184 e. The van der Waals surface area contributed by atoms with E-state index in [0.717, 1.165) is 42.4 Å². The van der Waals surface area contributed by atoms with E-state index in [2.05, 4.69) is 10.3 Å². The molecule has 0 aliphatic carbocycles. The lowest BCUT2D eigenvalue weighted by Gasteiger charge is -2.01. The molecule has 5 heteroatoms. The molecule has 0 aliphatic rings. The molecule has 0 atom stereocenters. The Labute approximate surface area is 88.2 Å². The molecule has 0 spiro atoms. The summed E-state index contributed by atoms with van der Waals surface area (Å²) in [6.45, 7) is 1.23. The van der Waals surface area contributed by atoms with Crippen LogP contribution in [0.25, 0.3) is 0 Å². The molecule has 1 aromatic heterocycles. The van der Waals surface area contributed by atoms with Gasteiger partial charge in [0.1, 0.15) is 5.00 Å². The van der Waals surface area contributed by atoms with Gasteiger partial charge in [-0.1, -0.05) is 24.2 Å². The van der Waals surface area contributed by atoms with Crippen LogP contribution in [-0.2, 0) is 0 Å². The summed E-state index contributed by atoms with van der Waals surface area (Å²) >= 11 is 1.47. The molecule has 0 saturated heterocycles. The summed E-state index contributed by atoms with van der Waals surface area (Å²) in [5.74, 6) is 0. The van der Waals surface area contributed by atoms with Gasteiger partial charge in [0, 0.05) is 13.2 Å². The molecular formula is C9H17N3OS. The van der Waals surface area contributed by atoms with E-state index < -0.39 is 0 Å². The number of nitrogens with one attached hydrogen (secondary N) is 1. The molecule has 0 aromatic carbocycles. The lowest BCUT2D eigenvalue weighted by atomic mass is 10.2. The number of hydrogen-bond donors (Lipinski definition) is 3. The SMILES string of the molecule is Nc1cnc(NCCCCCCO)s1. The van der Waals surface area contributed by atoms with E-state index in [9.17, 15) is 0 Å². The van der Waals surface area contributed by atoms with Crippen molar-refractivity contribution in [3.63, 3.8) is 0 Å². The zero-order valence-corrected chi connectivity index (χ0v) is 9.02. The molecule has 1 aromatic rings. The Morgan fingerprint density at radius 3 is 2.79 bits per heavy atom. The molecule has 14 heavy (non-hydrogen) atoms. The van der Waals surface area contributed by atoms with Crippen LogP contribution in [-0.4, -0.2) is 23.2 Å². The third-order valence-corrected chi connectivity index (χ3v) is 2.67. The van der Waals surface area contributed by atoms with Gasteiger partial charge < -0.3 is 16.2 Å². The first-order valence-corrected chi connectivity index (χ1v) is 5.70. The maximum atomic E-state index is 8.57. The minimum Gasteiger partial charge on any atom is -0.396 e. The lowest BCUT2D eigenvalue weighted by Crippen LogP contribution is -2.00. The van der Waals surface area contributed by atoms with Crippen molar-refractivity contribution in [3.8, 4) is 0 Å². The fraction of sp³-hybridized carbons (Fsp3) is 0.667. The topological polar surface area (TPSA) is 71.2 Å². The van der Waals surface area contributed by atoms with Crippen LogP contribution in [0.15, 0.2) is 6.20 Å². The third kappa shape index (κ3) is 4.43. The van der Waals surface area contributed by atoms with Gasteiger partial charge in [0.05, 0.1) is 6.20 Å². The molecule has 80 valence electrons. The molecule has 0 bridgehead atoms. The largest absolute Gasteiger partial charge is 0.396 e. The van der Waals surface area contributed by atoms with Gasteiger partial charge in [0.2, 0.25) is 0 Å². The normalized spacial score (nSPS) is 10.4. The van der Waals surface area contributed by atoms with Crippen molar-refractivity contribution in [2.75, 3.05) is 24.2 Å². The first-order chi connectivity index (χ1) is 6.83. The number of aromatic nitrogens is 1. The zero-order chi connectivity index (χ0) is 10.2. The monoisotopic (exact) mass is 215 g/mol. The molecule has 4 nitrogen and oxygen atoms in total. The van der Waals surface area contributed by atoms with E-state index in [-0.39, 0.29) is 0 Å². The fourth-order valence-corrected chi connectivity index (χ4v) is 1.76. The summed E-state index contributed by atoms with van der Waals surface area (Å²) in [5.41, 5.74) is 5.54. The number of rotatable bonds is 7. The van der Waals surface area contributed by atoms with Crippen molar-refractivity contribution in [2.45, 2.75) is 25.7 Å². The Balaban J connectivity index is 1.99. The number of aliphatic hydroxyl groups excluding tert-OH is 1. The number of thiazole rings is 1. The van der Waals surface area contributed by atoms with Crippen LogP contribution in [0.2, 0.25) is 0 Å². The van der Waals surface area contributed by atoms with E-state index >= 15 is 0 Å². The molecule has 0 fully saturated rings. The third-order valence-electron chi connectivity index (χ3n) is 1.88. The van der Waals surface area contributed by atoms with Crippen LogP contribution in [0.5, 0.6) is 0 Å². The van der Waals surface area contributed by atoms with E-state index in [1.807, 2.05) is 0 Å². The molecule has 0 unspecified atom stereocenters. The molecular weight excluding hydrogens is 198 g/mol. The van der Waals surface area contributed by atoms with Crippen molar-refractivity contribution in [1.29, 1.82) is 0 Å². The van der Waals surface area contributed by atoms with Crippen molar-refractivity contribution < 1.29 is 5.11 Å². The molecule has 0 saturated carbocycles. The summed E-state index contributed by atoms with van der Waals surface area (Å²) < 4.78 is 0. The summed E-state index contributed by atoms with van der Waals surface area (Å²) in [7, 11) is 0. The van der Waals surface area contributed by atoms with Gasteiger partial charge >= 0.3 is 0 Å². The number of unbranched alkanes of at least 4 members (excludes halogenated alkanes) is 3. The van der Waals surface area contributed by atoms with Gasteiger partial charge in [-0.2, -0.15) is 0 Å². The highest BCUT2D eigenvalue weighted by Gasteiger charge is 1.96. The van der Waals surface area contributed by atoms with E-state index in [1.165, 1.54) is 11.3 Å². The van der Waals surface area contributed by atoms with Crippen LogP contribution in [0.1, 0.15) is 25.7 Å². The Morgan fingerprint density at radius 1 is 1.36 bits per heavy atom. The zero-order valence-electron chi connectivity index (χ0n) is 8.20. The van der Waals surface area contributed by atoms with E-state index in [1.54, 1.807) is 6.20 Å². The molecule has 0 aliphatic heterocycles.